The lowest BCUT2D eigenvalue weighted by atomic mass is 10.0. The average molecular weight is 524 g/mol. The zero-order valence-corrected chi connectivity index (χ0v) is 22.8. The smallest absolute Gasteiger partial charge is 0.252 e. The van der Waals surface area contributed by atoms with Gasteiger partial charge in [0.05, 0.1) is 19.7 Å². The number of aromatic amines is 1. The summed E-state index contributed by atoms with van der Waals surface area (Å²) in [6, 6.07) is 17.9. The maximum Gasteiger partial charge on any atom is 0.252 e. The van der Waals surface area contributed by atoms with Crippen molar-refractivity contribution in [2.75, 3.05) is 7.11 Å². The molecule has 3 aromatic heterocycles. The number of hydrogen-bond acceptors (Lipinski definition) is 7. The molecule has 5 rings (SSSR count). The van der Waals surface area contributed by atoms with Crippen LogP contribution in [0.5, 0.6) is 5.75 Å². The number of aromatic nitrogens is 6. The molecule has 1 N–H and O–H groups in total. The molecule has 9 nitrogen and oxygen atoms in total. The zero-order chi connectivity index (χ0) is 27.4. The van der Waals surface area contributed by atoms with Gasteiger partial charge in [0.1, 0.15) is 5.75 Å². The summed E-state index contributed by atoms with van der Waals surface area (Å²) in [5.74, 6) is 1.55. The van der Waals surface area contributed by atoms with Gasteiger partial charge in [-0.15, -0.1) is 5.10 Å². The lowest BCUT2D eigenvalue weighted by Gasteiger charge is -2.30. The van der Waals surface area contributed by atoms with Gasteiger partial charge in [0, 0.05) is 41.9 Å². The monoisotopic (exact) mass is 523 g/mol. The first-order valence-corrected chi connectivity index (χ1v) is 13.1. The lowest BCUT2D eigenvalue weighted by Crippen LogP contribution is -2.32. The second kappa shape index (κ2) is 11.6. The molecule has 0 aliphatic rings. The fourth-order valence-corrected chi connectivity index (χ4v) is 5.13. The number of hydrogen-bond donors (Lipinski definition) is 1. The Morgan fingerprint density at radius 2 is 1.87 bits per heavy atom. The van der Waals surface area contributed by atoms with Crippen LogP contribution in [0.1, 0.15) is 53.0 Å². The van der Waals surface area contributed by atoms with Gasteiger partial charge in [-0.2, -0.15) is 0 Å². The molecular formula is C30H33N7O2. The van der Waals surface area contributed by atoms with Crippen molar-refractivity contribution in [3.63, 3.8) is 0 Å². The van der Waals surface area contributed by atoms with Gasteiger partial charge in [-0.3, -0.25) is 14.7 Å². The standard InChI is InChI=1S/C30H33N7O2/c1-5-28(29-33-34-35-37(29)18-22-8-10-25(39-4)11-9-22)36(17-23-7-6-12-31-16-23)19-24-15-26-21(3)13-20(2)14-27(26)32-30(24)38/h6-16,28H,5,17-19H2,1-4H3,(H,32,38). The largest absolute Gasteiger partial charge is 0.497 e. The van der Waals surface area contributed by atoms with Crippen LogP contribution >= 0.6 is 0 Å². The summed E-state index contributed by atoms with van der Waals surface area (Å²) in [6.07, 6.45) is 4.38. The number of rotatable bonds is 10. The number of methoxy groups -OCH3 is 1. The van der Waals surface area contributed by atoms with Gasteiger partial charge < -0.3 is 9.72 Å². The molecular weight excluding hydrogens is 490 g/mol. The Labute approximate surface area is 227 Å². The molecule has 0 radical (unpaired) electrons. The molecule has 0 amide bonds. The molecule has 0 aliphatic carbocycles. The number of fused-ring (bicyclic) bond motifs is 1. The van der Waals surface area contributed by atoms with Crippen LogP contribution in [0.2, 0.25) is 0 Å². The Morgan fingerprint density at radius 3 is 2.59 bits per heavy atom. The quantitative estimate of drug-likeness (QED) is 0.282. The summed E-state index contributed by atoms with van der Waals surface area (Å²) in [7, 11) is 1.65. The van der Waals surface area contributed by atoms with Gasteiger partial charge in [0.2, 0.25) is 0 Å². The number of pyridine rings is 2. The Morgan fingerprint density at radius 1 is 1.05 bits per heavy atom. The molecule has 2 aromatic carbocycles. The van der Waals surface area contributed by atoms with Crippen LogP contribution in [-0.4, -0.2) is 42.2 Å². The van der Waals surface area contributed by atoms with E-state index >= 15 is 0 Å². The van der Waals surface area contributed by atoms with Crippen LogP contribution in [0.25, 0.3) is 10.9 Å². The van der Waals surface area contributed by atoms with Crippen molar-refractivity contribution in [1.82, 2.24) is 35.1 Å². The number of nitrogens with one attached hydrogen (secondary N) is 1. The fourth-order valence-electron chi connectivity index (χ4n) is 5.13. The highest BCUT2D eigenvalue weighted by Gasteiger charge is 2.26. The van der Waals surface area contributed by atoms with Crippen LogP contribution in [0, 0.1) is 13.8 Å². The number of nitrogens with zero attached hydrogens (tertiary/aromatic N) is 6. The van der Waals surface area contributed by atoms with Gasteiger partial charge in [-0.05, 0) is 83.3 Å². The Hall–Kier alpha value is -4.37. The SMILES string of the molecule is CCC(c1nnnn1Cc1ccc(OC)cc1)N(Cc1cccnc1)Cc1cc2c(C)cc(C)cc2[nH]c1=O. The van der Waals surface area contributed by atoms with E-state index in [-0.39, 0.29) is 11.6 Å². The van der Waals surface area contributed by atoms with Gasteiger partial charge in [-0.1, -0.05) is 31.2 Å². The number of ether oxygens (including phenoxy) is 1. The molecule has 0 aliphatic heterocycles. The van der Waals surface area contributed by atoms with E-state index in [2.05, 4.69) is 50.3 Å². The second-order valence-corrected chi connectivity index (χ2v) is 9.90. The highest BCUT2D eigenvalue weighted by atomic mass is 16.5. The highest BCUT2D eigenvalue weighted by molar-refractivity contribution is 5.83. The average Bonchev–Trinajstić information content (AvgIpc) is 3.38. The minimum Gasteiger partial charge on any atom is -0.497 e. The molecule has 9 heteroatoms. The third-order valence-corrected chi connectivity index (χ3v) is 7.05. The van der Waals surface area contributed by atoms with Crippen LogP contribution in [0.15, 0.2) is 71.8 Å². The number of H-pyrrole nitrogens is 1. The zero-order valence-electron chi connectivity index (χ0n) is 22.8. The summed E-state index contributed by atoms with van der Waals surface area (Å²) in [6.45, 7) is 7.78. The number of aryl methyl sites for hydroxylation is 2. The highest BCUT2D eigenvalue weighted by Crippen LogP contribution is 2.27. The molecule has 5 aromatic rings. The fraction of sp³-hybridized carbons (Fsp3) is 0.300. The predicted molar refractivity (Wildman–Crippen MR) is 150 cm³/mol. The predicted octanol–water partition coefficient (Wildman–Crippen LogP) is 4.74. The molecule has 0 saturated heterocycles. The van der Waals surface area contributed by atoms with Gasteiger partial charge in [0.15, 0.2) is 5.82 Å². The molecule has 0 saturated carbocycles. The third kappa shape index (κ3) is 5.88. The summed E-state index contributed by atoms with van der Waals surface area (Å²) in [5.41, 5.74) is 5.84. The van der Waals surface area contributed by atoms with E-state index in [1.807, 2.05) is 66.3 Å². The summed E-state index contributed by atoms with van der Waals surface area (Å²) < 4.78 is 7.13. The first-order valence-electron chi connectivity index (χ1n) is 13.1. The minimum atomic E-state index is -0.132. The molecule has 3 heterocycles. The number of tetrazole rings is 1. The molecule has 1 atom stereocenters. The van der Waals surface area contributed by atoms with E-state index in [1.165, 1.54) is 0 Å². The van der Waals surface area contributed by atoms with E-state index in [1.54, 1.807) is 13.3 Å². The van der Waals surface area contributed by atoms with Crippen LogP contribution < -0.4 is 10.3 Å². The van der Waals surface area contributed by atoms with Crippen molar-refractivity contribution in [1.29, 1.82) is 0 Å². The molecule has 200 valence electrons. The van der Waals surface area contributed by atoms with E-state index < -0.39 is 0 Å². The first-order chi connectivity index (χ1) is 18.9. The third-order valence-electron chi connectivity index (χ3n) is 7.05. The maximum atomic E-state index is 13.3. The number of benzene rings is 2. The molecule has 39 heavy (non-hydrogen) atoms. The van der Waals surface area contributed by atoms with Crippen LogP contribution in [0.3, 0.4) is 0 Å². The Kier molecular flexibility index (Phi) is 7.79. The van der Waals surface area contributed by atoms with Crippen molar-refractivity contribution >= 4 is 10.9 Å². The van der Waals surface area contributed by atoms with Crippen molar-refractivity contribution in [3.8, 4) is 5.75 Å². The van der Waals surface area contributed by atoms with Gasteiger partial charge >= 0.3 is 0 Å². The van der Waals surface area contributed by atoms with Crippen molar-refractivity contribution in [2.24, 2.45) is 0 Å². The summed E-state index contributed by atoms with van der Waals surface area (Å²) in [4.78, 5) is 22.9. The summed E-state index contributed by atoms with van der Waals surface area (Å²) in [5, 5.41) is 13.8. The first kappa shape index (κ1) is 26.2. The van der Waals surface area contributed by atoms with E-state index in [0.29, 0.717) is 25.2 Å². The molecule has 0 fully saturated rings. The van der Waals surface area contributed by atoms with Crippen molar-refractivity contribution < 1.29 is 4.74 Å². The van der Waals surface area contributed by atoms with Gasteiger partial charge in [-0.25, -0.2) is 4.68 Å². The van der Waals surface area contributed by atoms with Crippen molar-refractivity contribution in [2.45, 2.75) is 52.9 Å². The van der Waals surface area contributed by atoms with Crippen LogP contribution in [-0.2, 0) is 19.6 Å². The summed E-state index contributed by atoms with van der Waals surface area (Å²) >= 11 is 0. The Bertz CT molecular complexity index is 1610. The normalized spacial score (nSPS) is 12.2. The molecule has 0 spiro atoms. The molecule has 0 bridgehead atoms. The van der Waals surface area contributed by atoms with Gasteiger partial charge in [0.25, 0.3) is 5.56 Å². The van der Waals surface area contributed by atoms with E-state index in [4.69, 9.17) is 4.74 Å². The van der Waals surface area contributed by atoms with E-state index in [0.717, 1.165) is 51.2 Å². The minimum absolute atomic E-state index is 0.0867. The maximum absolute atomic E-state index is 13.3. The van der Waals surface area contributed by atoms with Crippen LogP contribution in [0.4, 0.5) is 0 Å². The van der Waals surface area contributed by atoms with Crippen molar-refractivity contribution in [3.05, 3.63) is 111 Å². The van der Waals surface area contributed by atoms with E-state index in [9.17, 15) is 4.79 Å². The lowest BCUT2D eigenvalue weighted by molar-refractivity contribution is 0.161. The second-order valence-electron chi connectivity index (χ2n) is 9.90. The molecule has 1 unspecified atom stereocenters. The topological polar surface area (TPSA) is 102 Å². The Balaban J connectivity index is 1.51.